The molecule has 1 aliphatic heterocycles. The summed E-state index contributed by atoms with van der Waals surface area (Å²) in [6.45, 7) is 6.25. The third-order valence-corrected chi connectivity index (χ3v) is 5.41. The second-order valence-electron chi connectivity index (χ2n) is 7.42. The number of ether oxygens (including phenoxy) is 1. The van der Waals surface area contributed by atoms with Crippen LogP contribution in [0.3, 0.4) is 0 Å². The Kier molecular flexibility index (Phi) is 4.23. The molecule has 1 aliphatic rings. The van der Waals surface area contributed by atoms with Crippen molar-refractivity contribution >= 4 is 22.3 Å². The van der Waals surface area contributed by atoms with E-state index >= 15 is 0 Å². The molecule has 1 heterocycles. The molecule has 1 amide bonds. The molecule has 0 bridgehead atoms. The van der Waals surface area contributed by atoms with Gasteiger partial charge in [0, 0.05) is 0 Å². The molecule has 0 aromatic heterocycles. The summed E-state index contributed by atoms with van der Waals surface area (Å²) in [4.78, 5) is 15.2. The molecule has 3 aromatic carbocycles. The van der Waals surface area contributed by atoms with E-state index in [-0.39, 0.29) is 12.6 Å². The highest BCUT2D eigenvalue weighted by Gasteiger charge is 2.38. The summed E-state index contributed by atoms with van der Waals surface area (Å²) < 4.78 is 5.91. The Labute approximate surface area is 159 Å². The first-order valence-corrected chi connectivity index (χ1v) is 9.19. The predicted octanol–water partition coefficient (Wildman–Crippen LogP) is 5.32. The summed E-state index contributed by atoms with van der Waals surface area (Å²) in [7, 11) is 0. The molecule has 0 saturated carbocycles. The Morgan fingerprint density at radius 2 is 1.56 bits per heavy atom. The van der Waals surface area contributed by atoms with Gasteiger partial charge in [-0.1, -0.05) is 66.7 Å². The summed E-state index contributed by atoms with van der Waals surface area (Å²) in [5.74, 6) is 0.680. The molecule has 136 valence electrons. The van der Waals surface area contributed by atoms with Crippen LogP contribution in [0.5, 0.6) is 0 Å². The van der Waals surface area contributed by atoms with E-state index in [0.29, 0.717) is 11.3 Å². The van der Waals surface area contributed by atoms with Crippen molar-refractivity contribution < 1.29 is 9.53 Å². The van der Waals surface area contributed by atoms with Crippen molar-refractivity contribution in [2.75, 3.05) is 6.73 Å². The number of carbonyl (C=O) groups excluding carboxylic acids is 1. The van der Waals surface area contributed by atoms with Gasteiger partial charge in [0.1, 0.15) is 5.76 Å². The first-order valence-electron chi connectivity index (χ1n) is 9.19. The average Bonchev–Trinajstić information content (AvgIpc) is 2.68. The Morgan fingerprint density at radius 1 is 0.889 bits per heavy atom. The smallest absolute Gasteiger partial charge is 0.261 e. The largest absolute Gasteiger partial charge is 0.477 e. The lowest BCUT2D eigenvalue weighted by molar-refractivity contribution is -0.139. The standard InChI is InChI=1S/C24H23NO2/c1-17-22(19-10-5-4-6-11-19)23(26)25(16-27-17)24(2,3)21-14-13-18-9-7-8-12-20(18)15-21/h4-15H,16H2,1-3H3. The van der Waals surface area contributed by atoms with E-state index in [4.69, 9.17) is 4.74 Å². The number of nitrogens with zero attached hydrogens (tertiary/aromatic N) is 1. The molecule has 4 rings (SSSR count). The summed E-state index contributed by atoms with van der Waals surface area (Å²) in [5, 5.41) is 2.36. The highest BCUT2D eigenvalue weighted by molar-refractivity contribution is 6.20. The van der Waals surface area contributed by atoms with Gasteiger partial charge < -0.3 is 4.74 Å². The molecule has 0 spiro atoms. The number of amides is 1. The number of fused-ring (bicyclic) bond motifs is 1. The first kappa shape index (κ1) is 17.3. The summed E-state index contributed by atoms with van der Waals surface area (Å²) in [6.07, 6.45) is 0. The second kappa shape index (κ2) is 6.58. The lowest BCUT2D eigenvalue weighted by atomic mass is 9.89. The lowest BCUT2D eigenvalue weighted by Gasteiger charge is -2.42. The molecule has 3 heteroatoms. The first-order chi connectivity index (χ1) is 13.0. The zero-order valence-electron chi connectivity index (χ0n) is 15.9. The molecule has 0 radical (unpaired) electrons. The normalized spacial score (nSPS) is 15.2. The van der Waals surface area contributed by atoms with Crippen molar-refractivity contribution in [3.63, 3.8) is 0 Å². The van der Waals surface area contributed by atoms with Crippen LogP contribution >= 0.6 is 0 Å². The summed E-state index contributed by atoms with van der Waals surface area (Å²) in [5.41, 5.74) is 2.11. The zero-order chi connectivity index (χ0) is 19.0. The van der Waals surface area contributed by atoms with Crippen LogP contribution in [0.4, 0.5) is 0 Å². The summed E-state index contributed by atoms with van der Waals surface area (Å²) >= 11 is 0. The Morgan fingerprint density at radius 3 is 2.30 bits per heavy atom. The second-order valence-corrected chi connectivity index (χ2v) is 7.42. The minimum absolute atomic E-state index is 0.00288. The molecule has 3 aromatic rings. The molecule has 3 nitrogen and oxygen atoms in total. The minimum Gasteiger partial charge on any atom is -0.477 e. The van der Waals surface area contributed by atoms with Gasteiger partial charge in [-0.2, -0.15) is 0 Å². The lowest BCUT2D eigenvalue weighted by Crippen LogP contribution is -2.49. The van der Waals surface area contributed by atoms with Crippen LogP contribution in [0.15, 0.2) is 78.6 Å². The van der Waals surface area contributed by atoms with Crippen LogP contribution in [0.2, 0.25) is 0 Å². The van der Waals surface area contributed by atoms with E-state index in [9.17, 15) is 4.79 Å². The van der Waals surface area contributed by atoms with E-state index in [0.717, 1.165) is 11.1 Å². The van der Waals surface area contributed by atoms with Gasteiger partial charge >= 0.3 is 0 Å². The van der Waals surface area contributed by atoms with E-state index in [2.05, 4.69) is 44.2 Å². The fourth-order valence-corrected chi connectivity index (χ4v) is 3.65. The summed E-state index contributed by atoms with van der Waals surface area (Å²) in [6, 6.07) is 24.4. The van der Waals surface area contributed by atoms with Crippen molar-refractivity contribution in [3.8, 4) is 0 Å². The van der Waals surface area contributed by atoms with Crippen LogP contribution in [-0.4, -0.2) is 17.5 Å². The van der Waals surface area contributed by atoms with Gasteiger partial charge in [-0.25, -0.2) is 0 Å². The van der Waals surface area contributed by atoms with Gasteiger partial charge in [0.25, 0.3) is 5.91 Å². The zero-order valence-corrected chi connectivity index (χ0v) is 15.9. The molecule has 0 fully saturated rings. The van der Waals surface area contributed by atoms with Crippen molar-refractivity contribution in [3.05, 3.63) is 89.7 Å². The van der Waals surface area contributed by atoms with E-state index in [1.807, 2.05) is 54.3 Å². The maximum atomic E-state index is 13.4. The number of hydrogen-bond acceptors (Lipinski definition) is 2. The van der Waals surface area contributed by atoms with Crippen LogP contribution in [0.25, 0.3) is 16.3 Å². The van der Waals surface area contributed by atoms with Gasteiger partial charge in [-0.15, -0.1) is 0 Å². The van der Waals surface area contributed by atoms with Crippen LogP contribution in [-0.2, 0) is 15.1 Å². The van der Waals surface area contributed by atoms with E-state index in [1.54, 1.807) is 0 Å². The molecule has 0 N–H and O–H groups in total. The van der Waals surface area contributed by atoms with Gasteiger partial charge in [0.2, 0.25) is 0 Å². The van der Waals surface area contributed by atoms with Crippen molar-refractivity contribution in [1.29, 1.82) is 0 Å². The molecule has 0 unspecified atom stereocenters. The van der Waals surface area contributed by atoms with E-state index < -0.39 is 5.54 Å². The van der Waals surface area contributed by atoms with Crippen molar-refractivity contribution in [1.82, 2.24) is 4.90 Å². The Bertz CT molecular complexity index is 1030. The third-order valence-electron chi connectivity index (χ3n) is 5.41. The van der Waals surface area contributed by atoms with E-state index in [1.165, 1.54) is 10.8 Å². The SMILES string of the molecule is CC1=C(c2ccccc2)C(=O)N(C(C)(C)c2ccc3ccccc3c2)CO1. The van der Waals surface area contributed by atoms with Crippen LogP contribution in [0, 0.1) is 0 Å². The van der Waals surface area contributed by atoms with Gasteiger partial charge in [-0.3, -0.25) is 9.69 Å². The Balaban J connectivity index is 1.74. The molecule has 0 aliphatic carbocycles. The fraction of sp³-hybridized carbons (Fsp3) is 0.208. The quantitative estimate of drug-likeness (QED) is 0.635. The minimum atomic E-state index is -0.498. The maximum absolute atomic E-state index is 13.4. The topological polar surface area (TPSA) is 29.5 Å². The van der Waals surface area contributed by atoms with Crippen LogP contribution < -0.4 is 0 Å². The number of hydrogen-bond donors (Lipinski definition) is 0. The van der Waals surface area contributed by atoms with Gasteiger partial charge in [0.05, 0.1) is 11.1 Å². The van der Waals surface area contributed by atoms with Gasteiger partial charge in [0.15, 0.2) is 6.73 Å². The monoisotopic (exact) mass is 357 g/mol. The number of allylic oxidation sites excluding steroid dienone is 1. The van der Waals surface area contributed by atoms with Crippen molar-refractivity contribution in [2.24, 2.45) is 0 Å². The molecule has 0 saturated heterocycles. The highest BCUT2D eigenvalue weighted by Crippen LogP contribution is 2.36. The molecular weight excluding hydrogens is 334 g/mol. The van der Waals surface area contributed by atoms with Crippen LogP contribution in [0.1, 0.15) is 31.9 Å². The number of rotatable bonds is 3. The fourth-order valence-electron chi connectivity index (χ4n) is 3.65. The highest BCUT2D eigenvalue weighted by atomic mass is 16.5. The molecule has 0 atom stereocenters. The predicted molar refractivity (Wildman–Crippen MR) is 109 cm³/mol. The Hall–Kier alpha value is -3.07. The molecular formula is C24H23NO2. The average molecular weight is 357 g/mol. The van der Waals surface area contributed by atoms with Crippen molar-refractivity contribution in [2.45, 2.75) is 26.3 Å². The number of carbonyl (C=O) groups is 1. The van der Waals surface area contributed by atoms with Gasteiger partial charge in [-0.05, 0) is 48.7 Å². The third kappa shape index (κ3) is 2.99. The maximum Gasteiger partial charge on any atom is 0.261 e. The number of benzene rings is 3. The molecule has 27 heavy (non-hydrogen) atoms.